The number of nitrogens with zero attached hydrogens (tertiary/aromatic N) is 1. The number of carbonyl (C=O) groups is 1. The molecule has 0 saturated heterocycles. The number of hydrogen-bond acceptors (Lipinski definition) is 3. The van der Waals surface area contributed by atoms with Crippen LogP contribution in [0.3, 0.4) is 0 Å². The fraction of sp³-hybridized carbons (Fsp3) is 0. The molecule has 0 aliphatic heterocycles. The van der Waals surface area contributed by atoms with Gasteiger partial charge >= 0.3 is 5.97 Å². The van der Waals surface area contributed by atoms with E-state index in [-0.39, 0.29) is 10.7 Å². The molecule has 2 rings (SSSR count). The van der Waals surface area contributed by atoms with E-state index in [1.54, 1.807) is 0 Å². The monoisotopic (exact) mass is 301 g/mol. The van der Waals surface area contributed by atoms with Gasteiger partial charge in [0.1, 0.15) is 5.03 Å². The van der Waals surface area contributed by atoms with Crippen LogP contribution in [0, 0.1) is 11.6 Å². The van der Waals surface area contributed by atoms with Gasteiger partial charge in [-0.15, -0.1) is 0 Å². The number of aromatic nitrogens is 1. The van der Waals surface area contributed by atoms with Crippen molar-refractivity contribution in [3.63, 3.8) is 0 Å². The van der Waals surface area contributed by atoms with Gasteiger partial charge in [-0.3, -0.25) is 0 Å². The standard InChI is InChI=1S/C12H6ClF2NO2S/c13-7-2-4-10(16-11(7)12(17)18)19-6-1-3-8(14)9(15)5-6/h1-5H,(H,17,18). The van der Waals surface area contributed by atoms with Crippen LogP contribution in [-0.2, 0) is 0 Å². The number of benzene rings is 1. The third-order valence-corrected chi connectivity index (χ3v) is 3.37. The Bertz CT molecular complexity index is 652. The van der Waals surface area contributed by atoms with E-state index in [9.17, 15) is 13.6 Å². The first kappa shape index (κ1) is 13.8. The summed E-state index contributed by atoms with van der Waals surface area (Å²) in [5, 5.41) is 9.21. The molecule has 0 aliphatic rings. The van der Waals surface area contributed by atoms with Gasteiger partial charge in [-0.1, -0.05) is 23.4 Å². The van der Waals surface area contributed by atoms with Gasteiger partial charge in [-0.05, 0) is 30.3 Å². The molecule has 98 valence electrons. The van der Waals surface area contributed by atoms with E-state index in [0.717, 1.165) is 23.9 Å². The predicted molar refractivity (Wildman–Crippen MR) is 66.7 cm³/mol. The lowest BCUT2D eigenvalue weighted by Crippen LogP contribution is -2.01. The number of carboxylic acid groups (broad SMARTS) is 1. The highest BCUT2D eigenvalue weighted by Gasteiger charge is 2.12. The molecule has 1 aromatic heterocycles. The lowest BCUT2D eigenvalue weighted by atomic mass is 10.3. The Labute approximate surface area is 116 Å². The van der Waals surface area contributed by atoms with Crippen LogP contribution < -0.4 is 0 Å². The number of carboxylic acids is 1. The second-order valence-corrected chi connectivity index (χ2v) is 4.96. The van der Waals surface area contributed by atoms with Crippen LogP contribution in [0.1, 0.15) is 10.5 Å². The van der Waals surface area contributed by atoms with Crippen molar-refractivity contribution in [2.45, 2.75) is 9.92 Å². The summed E-state index contributed by atoms with van der Waals surface area (Å²) >= 11 is 6.69. The van der Waals surface area contributed by atoms with Gasteiger partial charge in [-0.2, -0.15) is 0 Å². The lowest BCUT2D eigenvalue weighted by molar-refractivity contribution is 0.0690. The van der Waals surface area contributed by atoms with Crippen LogP contribution in [0.25, 0.3) is 0 Å². The fourth-order valence-electron chi connectivity index (χ4n) is 1.29. The predicted octanol–water partition coefficient (Wildman–Crippen LogP) is 3.86. The highest BCUT2D eigenvalue weighted by molar-refractivity contribution is 7.99. The molecule has 0 unspecified atom stereocenters. The molecule has 2 aromatic rings. The van der Waals surface area contributed by atoms with Gasteiger partial charge in [0.2, 0.25) is 0 Å². The Morgan fingerprint density at radius 2 is 1.95 bits per heavy atom. The van der Waals surface area contributed by atoms with E-state index in [0.29, 0.717) is 9.92 Å². The Morgan fingerprint density at radius 1 is 1.21 bits per heavy atom. The number of halogens is 3. The van der Waals surface area contributed by atoms with Crippen molar-refractivity contribution >= 4 is 29.3 Å². The smallest absolute Gasteiger partial charge is 0.356 e. The van der Waals surface area contributed by atoms with Crippen LogP contribution in [0.15, 0.2) is 40.3 Å². The van der Waals surface area contributed by atoms with Crippen molar-refractivity contribution < 1.29 is 18.7 Å². The highest BCUT2D eigenvalue weighted by atomic mass is 35.5. The maximum atomic E-state index is 13.0. The van der Waals surface area contributed by atoms with Crippen LogP contribution in [0.4, 0.5) is 8.78 Å². The normalized spacial score (nSPS) is 10.5. The first-order valence-corrected chi connectivity index (χ1v) is 6.19. The van der Waals surface area contributed by atoms with Gasteiger partial charge < -0.3 is 5.11 Å². The van der Waals surface area contributed by atoms with E-state index >= 15 is 0 Å². The molecule has 3 nitrogen and oxygen atoms in total. The zero-order chi connectivity index (χ0) is 14.0. The van der Waals surface area contributed by atoms with Crippen molar-refractivity contribution in [3.05, 3.63) is 52.7 Å². The van der Waals surface area contributed by atoms with Gasteiger partial charge in [0.05, 0.1) is 5.02 Å². The summed E-state index contributed by atoms with van der Waals surface area (Å²) < 4.78 is 25.8. The van der Waals surface area contributed by atoms with Crippen LogP contribution in [0.5, 0.6) is 0 Å². The van der Waals surface area contributed by atoms with Crippen molar-refractivity contribution in [1.82, 2.24) is 4.98 Å². The maximum Gasteiger partial charge on any atom is 0.356 e. The third kappa shape index (κ3) is 3.21. The van der Waals surface area contributed by atoms with Gasteiger partial charge in [0.25, 0.3) is 0 Å². The van der Waals surface area contributed by atoms with Gasteiger partial charge in [-0.25, -0.2) is 18.6 Å². The molecule has 0 atom stereocenters. The molecule has 0 bridgehead atoms. The zero-order valence-electron chi connectivity index (χ0n) is 9.23. The minimum Gasteiger partial charge on any atom is -0.476 e. The molecule has 1 aromatic carbocycles. The fourth-order valence-corrected chi connectivity index (χ4v) is 2.29. The Kier molecular flexibility index (Phi) is 4.01. The molecule has 0 amide bonds. The van der Waals surface area contributed by atoms with E-state index in [1.807, 2.05) is 0 Å². The molecule has 0 aliphatic carbocycles. The second kappa shape index (κ2) is 5.54. The molecule has 0 spiro atoms. The summed E-state index contributed by atoms with van der Waals surface area (Å²) in [5.41, 5.74) is -0.283. The maximum absolute atomic E-state index is 13.0. The summed E-state index contributed by atoms with van der Waals surface area (Å²) in [6, 6.07) is 6.27. The second-order valence-electron chi connectivity index (χ2n) is 3.46. The summed E-state index contributed by atoms with van der Waals surface area (Å²) in [7, 11) is 0. The third-order valence-electron chi connectivity index (χ3n) is 2.14. The highest BCUT2D eigenvalue weighted by Crippen LogP contribution is 2.29. The van der Waals surface area contributed by atoms with E-state index < -0.39 is 17.6 Å². The Balaban J connectivity index is 2.30. The molecule has 19 heavy (non-hydrogen) atoms. The number of pyridine rings is 1. The molecule has 7 heteroatoms. The van der Waals surface area contributed by atoms with E-state index in [4.69, 9.17) is 16.7 Å². The Hall–Kier alpha value is -1.66. The molecular formula is C12H6ClF2NO2S. The number of rotatable bonds is 3. The minimum atomic E-state index is -1.25. The largest absolute Gasteiger partial charge is 0.476 e. The number of hydrogen-bond donors (Lipinski definition) is 1. The summed E-state index contributed by atoms with van der Waals surface area (Å²) in [5.74, 6) is -3.17. The summed E-state index contributed by atoms with van der Waals surface area (Å²) in [6.07, 6.45) is 0. The molecule has 1 N–H and O–H groups in total. The summed E-state index contributed by atoms with van der Waals surface area (Å²) in [4.78, 5) is 15.1. The van der Waals surface area contributed by atoms with Crippen LogP contribution in [-0.4, -0.2) is 16.1 Å². The molecule has 0 saturated carbocycles. The van der Waals surface area contributed by atoms with Gasteiger partial charge in [0, 0.05) is 4.90 Å². The summed E-state index contributed by atoms with van der Waals surface area (Å²) in [6.45, 7) is 0. The lowest BCUT2D eigenvalue weighted by Gasteiger charge is -2.04. The van der Waals surface area contributed by atoms with Crippen LogP contribution in [0.2, 0.25) is 5.02 Å². The van der Waals surface area contributed by atoms with Crippen molar-refractivity contribution in [1.29, 1.82) is 0 Å². The number of aromatic carboxylic acids is 1. The van der Waals surface area contributed by atoms with Crippen molar-refractivity contribution in [3.8, 4) is 0 Å². The van der Waals surface area contributed by atoms with Gasteiger partial charge in [0.15, 0.2) is 17.3 Å². The molecule has 0 radical (unpaired) electrons. The SMILES string of the molecule is O=C(O)c1nc(Sc2ccc(F)c(F)c2)ccc1Cl. The van der Waals surface area contributed by atoms with Crippen molar-refractivity contribution in [2.75, 3.05) is 0 Å². The minimum absolute atomic E-state index is 0.0159. The zero-order valence-corrected chi connectivity index (χ0v) is 10.8. The van der Waals surface area contributed by atoms with E-state index in [2.05, 4.69) is 4.98 Å². The van der Waals surface area contributed by atoms with E-state index in [1.165, 1.54) is 18.2 Å². The molecular weight excluding hydrogens is 296 g/mol. The topological polar surface area (TPSA) is 50.2 Å². The van der Waals surface area contributed by atoms with Crippen molar-refractivity contribution in [2.24, 2.45) is 0 Å². The average Bonchev–Trinajstić information content (AvgIpc) is 2.36. The Morgan fingerprint density at radius 3 is 2.58 bits per heavy atom. The molecule has 0 fully saturated rings. The first-order chi connectivity index (χ1) is 8.97. The first-order valence-electron chi connectivity index (χ1n) is 5.00. The molecule has 1 heterocycles. The quantitative estimate of drug-likeness (QED) is 0.935. The van der Waals surface area contributed by atoms with Crippen LogP contribution >= 0.6 is 23.4 Å². The average molecular weight is 302 g/mol.